The van der Waals surface area contributed by atoms with E-state index in [1.54, 1.807) is 6.20 Å². The van der Waals surface area contributed by atoms with Crippen LogP contribution in [-0.2, 0) is 17.1 Å². The fourth-order valence-electron chi connectivity index (χ4n) is 2.78. The number of hydrogen-bond donors (Lipinski definition) is 2. The molecule has 1 atom stereocenters. The number of nitrogens with one attached hydrogen (secondary N) is 1. The molecule has 0 radical (unpaired) electrons. The van der Waals surface area contributed by atoms with E-state index in [-0.39, 0.29) is 17.1 Å². The number of nitro benzene ring substituents is 1. The molecule has 2 aromatic carbocycles. The van der Waals surface area contributed by atoms with Crippen molar-refractivity contribution in [1.29, 1.82) is 0 Å². The standard InChI is InChI=1S/C17H17N3O5S/c1-19-11-15(14-7-2-3-8-16(14)19)17(21)10-18-26(24,25)13-6-4-5-12(9-13)20(22)23/h2-9,11,17-18,21H,10H2,1H3. The zero-order valence-electron chi connectivity index (χ0n) is 13.9. The monoisotopic (exact) mass is 375 g/mol. The summed E-state index contributed by atoms with van der Waals surface area (Å²) in [6.45, 7) is -0.251. The minimum atomic E-state index is -3.99. The molecule has 0 fully saturated rings. The summed E-state index contributed by atoms with van der Waals surface area (Å²) in [5.41, 5.74) is 1.20. The van der Waals surface area contributed by atoms with E-state index in [1.165, 1.54) is 18.2 Å². The van der Waals surface area contributed by atoms with Crippen molar-refractivity contribution in [2.24, 2.45) is 7.05 Å². The molecule has 0 aliphatic carbocycles. The largest absolute Gasteiger partial charge is 0.387 e. The van der Waals surface area contributed by atoms with Gasteiger partial charge in [-0.25, -0.2) is 13.1 Å². The van der Waals surface area contributed by atoms with Crippen LogP contribution in [0.3, 0.4) is 0 Å². The van der Waals surface area contributed by atoms with Crippen molar-refractivity contribution in [3.8, 4) is 0 Å². The minimum Gasteiger partial charge on any atom is -0.387 e. The van der Waals surface area contributed by atoms with Gasteiger partial charge in [0.1, 0.15) is 0 Å². The van der Waals surface area contributed by atoms with E-state index in [4.69, 9.17) is 0 Å². The predicted octanol–water partition coefficient (Wildman–Crippen LogP) is 2.10. The molecule has 3 rings (SSSR count). The van der Waals surface area contributed by atoms with Gasteiger partial charge in [0.25, 0.3) is 5.69 Å². The maximum atomic E-state index is 12.4. The van der Waals surface area contributed by atoms with Crippen molar-refractivity contribution in [2.75, 3.05) is 6.54 Å². The zero-order valence-corrected chi connectivity index (χ0v) is 14.7. The summed E-state index contributed by atoms with van der Waals surface area (Å²) in [7, 11) is -2.15. The van der Waals surface area contributed by atoms with Gasteiger partial charge < -0.3 is 9.67 Å². The summed E-state index contributed by atoms with van der Waals surface area (Å²) in [5, 5.41) is 22.1. The van der Waals surface area contributed by atoms with E-state index < -0.39 is 21.1 Å². The molecule has 1 heterocycles. The molecule has 3 aromatic rings. The maximum absolute atomic E-state index is 12.4. The van der Waals surface area contributed by atoms with Gasteiger partial charge in [0, 0.05) is 48.4 Å². The third-order valence-corrected chi connectivity index (χ3v) is 5.51. The van der Waals surface area contributed by atoms with E-state index in [0.717, 1.165) is 17.0 Å². The Hall–Kier alpha value is -2.75. The normalized spacial score (nSPS) is 13.0. The van der Waals surface area contributed by atoms with Gasteiger partial charge in [-0.3, -0.25) is 10.1 Å². The number of para-hydroxylation sites is 1. The van der Waals surface area contributed by atoms with Crippen LogP contribution in [0.25, 0.3) is 10.9 Å². The first kappa shape index (κ1) is 18.1. The van der Waals surface area contributed by atoms with Crippen LogP contribution in [0.2, 0.25) is 0 Å². The Morgan fingerprint density at radius 1 is 1.23 bits per heavy atom. The first-order valence-corrected chi connectivity index (χ1v) is 9.24. The van der Waals surface area contributed by atoms with Crippen molar-refractivity contribution >= 4 is 26.6 Å². The van der Waals surface area contributed by atoms with Crippen LogP contribution in [0, 0.1) is 10.1 Å². The highest BCUT2D eigenvalue weighted by Crippen LogP contribution is 2.26. The second kappa shape index (κ2) is 6.87. The van der Waals surface area contributed by atoms with Gasteiger partial charge in [-0.15, -0.1) is 0 Å². The number of rotatable bonds is 6. The summed E-state index contributed by atoms with van der Waals surface area (Å²) >= 11 is 0. The van der Waals surface area contributed by atoms with Crippen molar-refractivity contribution in [3.05, 3.63) is 70.4 Å². The van der Waals surface area contributed by atoms with Crippen LogP contribution in [0.5, 0.6) is 0 Å². The van der Waals surface area contributed by atoms with Gasteiger partial charge >= 0.3 is 0 Å². The number of non-ortho nitro benzene ring substituents is 1. The molecule has 0 aliphatic heterocycles. The van der Waals surface area contributed by atoms with Crippen molar-refractivity contribution in [1.82, 2.24) is 9.29 Å². The highest BCUT2D eigenvalue weighted by atomic mass is 32.2. The lowest BCUT2D eigenvalue weighted by molar-refractivity contribution is -0.385. The molecule has 1 unspecified atom stereocenters. The fraction of sp³-hybridized carbons (Fsp3) is 0.176. The average molecular weight is 375 g/mol. The van der Waals surface area contributed by atoms with Crippen LogP contribution in [0.15, 0.2) is 59.6 Å². The zero-order chi connectivity index (χ0) is 18.9. The van der Waals surface area contributed by atoms with Gasteiger partial charge in [-0.05, 0) is 12.1 Å². The number of hydrogen-bond acceptors (Lipinski definition) is 5. The lowest BCUT2D eigenvalue weighted by Gasteiger charge is -2.12. The SMILES string of the molecule is Cn1cc(C(O)CNS(=O)(=O)c2cccc([N+](=O)[O-])c2)c2ccccc21. The molecule has 26 heavy (non-hydrogen) atoms. The quantitative estimate of drug-likeness (QED) is 0.506. The highest BCUT2D eigenvalue weighted by molar-refractivity contribution is 7.89. The Morgan fingerprint density at radius 2 is 1.96 bits per heavy atom. The molecule has 136 valence electrons. The van der Waals surface area contributed by atoms with Gasteiger partial charge in [0.15, 0.2) is 0 Å². The number of sulfonamides is 1. The molecular formula is C17H17N3O5S. The summed E-state index contributed by atoms with van der Waals surface area (Å²) < 4.78 is 28.9. The maximum Gasteiger partial charge on any atom is 0.270 e. The smallest absolute Gasteiger partial charge is 0.270 e. The van der Waals surface area contributed by atoms with E-state index in [2.05, 4.69) is 4.72 Å². The number of fused-ring (bicyclic) bond motifs is 1. The first-order valence-electron chi connectivity index (χ1n) is 7.76. The van der Waals surface area contributed by atoms with Gasteiger partial charge in [0.2, 0.25) is 10.0 Å². The minimum absolute atomic E-state index is 0.225. The summed E-state index contributed by atoms with van der Waals surface area (Å²) in [4.78, 5) is 9.92. The van der Waals surface area contributed by atoms with Crippen molar-refractivity contribution in [2.45, 2.75) is 11.0 Å². The topological polar surface area (TPSA) is 114 Å². The fourth-order valence-corrected chi connectivity index (χ4v) is 3.86. The number of aromatic nitrogens is 1. The van der Waals surface area contributed by atoms with E-state index in [0.29, 0.717) is 5.56 Å². The summed E-state index contributed by atoms with van der Waals surface area (Å²) in [5.74, 6) is 0. The number of aryl methyl sites for hydroxylation is 1. The van der Waals surface area contributed by atoms with E-state index >= 15 is 0 Å². The molecule has 8 nitrogen and oxygen atoms in total. The van der Waals surface area contributed by atoms with Crippen LogP contribution in [0.1, 0.15) is 11.7 Å². The molecule has 0 bridgehead atoms. The third-order valence-electron chi connectivity index (χ3n) is 4.09. The third kappa shape index (κ3) is 3.45. The molecule has 0 aliphatic rings. The van der Waals surface area contributed by atoms with E-state index in [9.17, 15) is 23.6 Å². The Kier molecular flexibility index (Phi) is 4.77. The Bertz CT molecular complexity index is 1070. The van der Waals surface area contributed by atoms with Gasteiger partial charge in [0.05, 0.1) is 15.9 Å². The molecule has 9 heteroatoms. The molecule has 0 spiro atoms. The Morgan fingerprint density at radius 3 is 2.69 bits per heavy atom. The molecular weight excluding hydrogens is 358 g/mol. The molecule has 1 aromatic heterocycles. The predicted molar refractivity (Wildman–Crippen MR) is 96.2 cm³/mol. The number of benzene rings is 2. The lowest BCUT2D eigenvalue weighted by atomic mass is 10.1. The van der Waals surface area contributed by atoms with E-state index in [1.807, 2.05) is 35.9 Å². The average Bonchev–Trinajstić information content (AvgIpc) is 2.97. The summed E-state index contributed by atoms with van der Waals surface area (Å²) in [6.07, 6.45) is 0.686. The number of nitrogens with zero attached hydrogens (tertiary/aromatic N) is 2. The van der Waals surface area contributed by atoms with Crippen molar-refractivity contribution in [3.63, 3.8) is 0 Å². The van der Waals surface area contributed by atoms with Crippen LogP contribution in [-0.4, -0.2) is 29.6 Å². The highest BCUT2D eigenvalue weighted by Gasteiger charge is 2.21. The van der Waals surface area contributed by atoms with Gasteiger partial charge in [-0.1, -0.05) is 24.3 Å². The first-order chi connectivity index (χ1) is 12.3. The Labute approximate surface area is 149 Å². The second-order valence-electron chi connectivity index (χ2n) is 5.83. The van der Waals surface area contributed by atoms with Crippen molar-refractivity contribution < 1.29 is 18.4 Å². The number of aliphatic hydroxyl groups excluding tert-OH is 1. The van der Waals surface area contributed by atoms with Gasteiger partial charge in [-0.2, -0.15) is 0 Å². The molecule has 0 amide bonds. The van der Waals surface area contributed by atoms with Crippen LogP contribution < -0.4 is 4.72 Å². The van der Waals surface area contributed by atoms with Crippen LogP contribution >= 0.6 is 0 Å². The molecule has 0 saturated carbocycles. The molecule has 2 N–H and O–H groups in total. The second-order valence-corrected chi connectivity index (χ2v) is 7.60. The number of aliphatic hydroxyl groups is 1. The number of nitro groups is 1. The summed E-state index contributed by atoms with van der Waals surface area (Å²) in [6, 6.07) is 12.2. The molecule has 0 saturated heterocycles. The van der Waals surface area contributed by atoms with Crippen LogP contribution in [0.4, 0.5) is 5.69 Å². The lowest BCUT2D eigenvalue weighted by Crippen LogP contribution is -2.28. The Balaban J connectivity index is 1.81.